The van der Waals surface area contributed by atoms with Crippen LogP contribution in [0.4, 0.5) is 0 Å². The standard InChI is InChI=1S/C15H24ClP/c1-4-7-13-17(16,5-2,6-3)14-15-11-9-8-10-12-15/h4,8-12H,1,5-7,13-14H2,2-3H3. The van der Waals surface area contributed by atoms with E-state index in [1.165, 1.54) is 5.56 Å². The third-order valence-corrected chi connectivity index (χ3v) is 11.9. The van der Waals surface area contributed by atoms with Gasteiger partial charge in [-0.25, -0.2) is 0 Å². The molecule has 0 fully saturated rings. The van der Waals surface area contributed by atoms with E-state index in [2.05, 4.69) is 50.8 Å². The molecule has 0 heterocycles. The van der Waals surface area contributed by atoms with E-state index in [0.29, 0.717) is 0 Å². The Morgan fingerprint density at radius 2 is 1.76 bits per heavy atom. The predicted molar refractivity (Wildman–Crippen MR) is 83.7 cm³/mol. The molecule has 0 unspecified atom stereocenters. The molecule has 96 valence electrons. The topological polar surface area (TPSA) is 0 Å². The Balaban J connectivity index is 2.94. The van der Waals surface area contributed by atoms with Crippen molar-refractivity contribution in [1.29, 1.82) is 0 Å². The second-order valence-electron chi connectivity index (χ2n) is 4.90. The van der Waals surface area contributed by atoms with Gasteiger partial charge in [-0.1, -0.05) is 0 Å². The van der Waals surface area contributed by atoms with Crippen LogP contribution < -0.4 is 0 Å². The second-order valence-corrected chi connectivity index (χ2v) is 13.4. The van der Waals surface area contributed by atoms with Crippen LogP contribution in [0, 0.1) is 0 Å². The van der Waals surface area contributed by atoms with Gasteiger partial charge in [0.05, 0.1) is 0 Å². The summed E-state index contributed by atoms with van der Waals surface area (Å²) in [6.07, 6.45) is 7.46. The van der Waals surface area contributed by atoms with Crippen molar-refractivity contribution in [1.82, 2.24) is 0 Å². The van der Waals surface area contributed by atoms with Crippen LogP contribution in [0.5, 0.6) is 0 Å². The van der Waals surface area contributed by atoms with Gasteiger partial charge in [-0.15, -0.1) is 0 Å². The molecule has 17 heavy (non-hydrogen) atoms. The summed E-state index contributed by atoms with van der Waals surface area (Å²) < 4.78 is 0. The van der Waals surface area contributed by atoms with Crippen LogP contribution >= 0.6 is 17.2 Å². The van der Waals surface area contributed by atoms with Gasteiger partial charge in [-0.05, 0) is 0 Å². The molecule has 1 rings (SSSR count). The first-order valence-corrected chi connectivity index (χ1v) is 10.3. The average molecular weight is 271 g/mol. The summed E-state index contributed by atoms with van der Waals surface area (Å²) >= 11 is 7.16. The zero-order valence-corrected chi connectivity index (χ0v) is 12.7. The van der Waals surface area contributed by atoms with Crippen LogP contribution in [0.15, 0.2) is 43.0 Å². The molecule has 0 bridgehead atoms. The number of hydrogen-bond donors (Lipinski definition) is 0. The average Bonchev–Trinajstić information content (AvgIpc) is 2.38. The Labute approximate surface area is 111 Å². The fraction of sp³-hybridized carbons (Fsp3) is 0.467. The normalized spacial score (nSPS) is 13.9. The quantitative estimate of drug-likeness (QED) is 0.453. The molecule has 0 saturated heterocycles. The summed E-state index contributed by atoms with van der Waals surface area (Å²) in [6, 6.07) is 10.7. The summed E-state index contributed by atoms with van der Waals surface area (Å²) in [4.78, 5) is 0. The van der Waals surface area contributed by atoms with E-state index >= 15 is 0 Å². The molecule has 0 spiro atoms. The van der Waals surface area contributed by atoms with Crippen LogP contribution in [0.1, 0.15) is 25.8 Å². The minimum atomic E-state index is -2.08. The third kappa shape index (κ3) is 3.83. The molecular weight excluding hydrogens is 247 g/mol. The van der Waals surface area contributed by atoms with Crippen LogP contribution in [0.3, 0.4) is 0 Å². The van der Waals surface area contributed by atoms with E-state index in [1.807, 2.05) is 6.08 Å². The molecule has 0 nitrogen and oxygen atoms in total. The Kier molecular flexibility index (Phi) is 5.22. The molecule has 0 aliphatic carbocycles. The molecule has 0 atom stereocenters. The van der Waals surface area contributed by atoms with Gasteiger partial charge in [0.15, 0.2) is 0 Å². The van der Waals surface area contributed by atoms with Crippen molar-refractivity contribution in [2.75, 3.05) is 18.5 Å². The van der Waals surface area contributed by atoms with Gasteiger partial charge in [-0.3, -0.25) is 0 Å². The van der Waals surface area contributed by atoms with Gasteiger partial charge in [0.1, 0.15) is 0 Å². The van der Waals surface area contributed by atoms with Gasteiger partial charge < -0.3 is 0 Å². The van der Waals surface area contributed by atoms with Crippen molar-refractivity contribution in [2.24, 2.45) is 0 Å². The number of halogens is 1. The minimum absolute atomic E-state index is 1.04. The molecule has 0 amide bonds. The Morgan fingerprint density at radius 3 is 2.24 bits per heavy atom. The SMILES string of the molecule is C=CCCP(Cl)(CC)(CC)Cc1ccccc1. The van der Waals surface area contributed by atoms with Crippen LogP contribution in [-0.4, -0.2) is 18.5 Å². The van der Waals surface area contributed by atoms with Crippen LogP contribution in [0.25, 0.3) is 0 Å². The first-order chi connectivity index (χ1) is 8.06. The Morgan fingerprint density at radius 1 is 1.18 bits per heavy atom. The molecule has 0 saturated carbocycles. The predicted octanol–water partition coefficient (Wildman–Crippen LogP) is 5.51. The van der Waals surface area contributed by atoms with Crippen molar-refractivity contribution in [3.8, 4) is 0 Å². The van der Waals surface area contributed by atoms with E-state index in [0.717, 1.165) is 31.1 Å². The van der Waals surface area contributed by atoms with E-state index < -0.39 is 5.96 Å². The van der Waals surface area contributed by atoms with E-state index in [4.69, 9.17) is 11.2 Å². The summed E-state index contributed by atoms with van der Waals surface area (Å²) in [6.45, 7) is 8.33. The zero-order valence-electron chi connectivity index (χ0n) is 11.0. The molecule has 0 N–H and O–H groups in total. The van der Waals surface area contributed by atoms with Crippen molar-refractivity contribution >= 4 is 17.2 Å². The van der Waals surface area contributed by atoms with Crippen molar-refractivity contribution in [3.63, 3.8) is 0 Å². The van der Waals surface area contributed by atoms with Crippen molar-refractivity contribution < 1.29 is 0 Å². The fourth-order valence-corrected chi connectivity index (χ4v) is 6.64. The first kappa shape index (κ1) is 14.7. The van der Waals surface area contributed by atoms with Gasteiger partial charge in [0.2, 0.25) is 0 Å². The van der Waals surface area contributed by atoms with E-state index in [1.54, 1.807) is 0 Å². The summed E-state index contributed by atoms with van der Waals surface area (Å²) in [5.74, 6) is -2.08. The second kappa shape index (κ2) is 6.03. The number of benzene rings is 1. The van der Waals surface area contributed by atoms with Gasteiger partial charge in [0.25, 0.3) is 0 Å². The molecular formula is C15H24ClP. The van der Waals surface area contributed by atoms with Gasteiger partial charge >= 0.3 is 111 Å². The van der Waals surface area contributed by atoms with Crippen LogP contribution in [-0.2, 0) is 6.16 Å². The maximum absolute atomic E-state index is 7.16. The van der Waals surface area contributed by atoms with Crippen LogP contribution in [0.2, 0.25) is 0 Å². The Bertz CT molecular complexity index is 354. The molecule has 1 aromatic rings. The summed E-state index contributed by atoms with van der Waals surface area (Å²) in [5.41, 5.74) is 1.38. The maximum atomic E-state index is 7.16. The number of rotatable bonds is 7. The molecule has 0 aromatic heterocycles. The number of allylic oxidation sites excluding steroid dienone is 1. The van der Waals surface area contributed by atoms with E-state index in [-0.39, 0.29) is 0 Å². The van der Waals surface area contributed by atoms with Crippen molar-refractivity contribution in [3.05, 3.63) is 48.6 Å². The summed E-state index contributed by atoms with van der Waals surface area (Å²) in [7, 11) is 0. The van der Waals surface area contributed by atoms with Crippen molar-refractivity contribution in [2.45, 2.75) is 26.4 Å². The Hall–Kier alpha value is -0.320. The van der Waals surface area contributed by atoms with Gasteiger partial charge in [0, 0.05) is 0 Å². The summed E-state index contributed by atoms with van der Waals surface area (Å²) in [5, 5.41) is 0. The zero-order chi connectivity index (χ0) is 12.8. The fourth-order valence-electron chi connectivity index (χ4n) is 2.30. The van der Waals surface area contributed by atoms with Gasteiger partial charge in [-0.2, -0.15) is 0 Å². The monoisotopic (exact) mass is 270 g/mol. The molecule has 1 aromatic carbocycles. The van der Waals surface area contributed by atoms with E-state index in [9.17, 15) is 0 Å². The first-order valence-electron chi connectivity index (χ1n) is 6.43. The molecule has 0 aliphatic rings. The molecule has 0 radical (unpaired) electrons. The molecule has 2 heteroatoms. The number of hydrogen-bond acceptors (Lipinski definition) is 0. The molecule has 0 aliphatic heterocycles. The third-order valence-electron chi connectivity index (χ3n) is 3.89.